The Morgan fingerprint density at radius 3 is 2.53 bits per heavy atom. The minimum absolute atomic E-state index is 0.0324. The first-order valence-electron chi connectivity index (χ1n) is 4.31. The van der Waals surface area contributed by atoms with Crippen LogP contribution in [0.1, 0.15) is 6.42 Å². The van der Waals surface area contributed by atoms with Gasteiger partial charge in [0, 0.05) is 18.8 Å². The fraction of sp³-hybridized carbons (Fsp3) is 0.375. The van der Waals surface area contributed by atoms with E-state index in [1.165, 1.54) is 0 Å². The van der Waals surface area contributed by atoms with E-state index < -0.39 is 7.82 Å². The largest absolute Gasteiger partial charge is 0.493 e. The normalized spacial score (nSPS) is 11.3. The van der Waals surface area contributed by atoms with Crippen LogP contribution in [0.25, 0.3) is 0 Å². The maximum Gasteiger partial charge on any atom is 0.469 e. The van der Waals surface area contributed by atoms with Crippen molar-refractivity contribution in [3.8, 4) is 5.75 Å². The molecule has 0 atom stereocenters. The molecule has 0 aliphatic carbocycles. The third-order valence-corrected chi connectivity index (χ3v) is 1.99. The predicted molar refractivity (Wildman–Crippen MR) is 52.3 cm³/mol. The number of pyridine rings is 1. The van der Waals surface area contributed by atoms with Crippen LogP contribution >= 0.6 is 7.82 Å². The first kappa shape index (κ1) is 12.1. The Morgan fingerprint density at radius 2 is 1.93 bits per heavy atom. The highest BCUT2D eigenvalue weighted by atomic mass is 31.2. The third-order valence-electron chi connectivity index (χ3n) is 1.47. The van der Waals surface area contributed by atoms with Gasteiger partial charge in [0.15, 0.2) is 0 Å². The van der Waals surface area contributed by atoms with Crippen molar-refractivity contribution in [1.82, 2.24) is 4.98 Å². The van der Waals surface area contributed by atoms with Crippen molar-refractivity contribution in [3.63, 3.8) is 0 Å². The standard InChI is InChI=1S/C8H12NO5P/c10-15(11,12)14-7-1-6-13-8-2-4-9-5-3-8/h2-5H,1,6-7H2,(H2,10,11,12). The van der Waals surface area contributed by atoms with Crippen LogP contribution in [-0.2, 0) is 9.09 Å². The summed E-state index contributed by atoms with van der Waals surface area (Å²) in [6.07, 6.45) is 3.61. The Morgan fingerprint density at radius 1 is 1.27 bits per heavy atom. The van der Waals surface area contributed by atoms with Gasteiger partial charge >= 0.3 is 7.82 Å². The van der Waals surface area contributed by atoms with Gasteiger partial charge in [-0.1, -0.05) is 0 Å². The minimum Gasteiger partial charge on any atom is -0.493 e. The van der Waals surface area contributed by atoms with Gasteiger partial charge in [-0.2, -0.15) is 0 Å². The summed E-state index contributed by atoms with van der Waals surface area (Å²) < 4.78 is 19.8. The van der Waals surface area contributed by atoms with Crippen molar-refractivity contribution in [1.29, 1.82) is 0 Å². The van der Waals surface area contributed by atoms with E-state index in [2.05, 4.69) is 9.51 Å². The Labute approximate surface area is 87.1 Å². The fourth-order valence-electron chi connectivity index (χ4n) is 0.867. The van der Waals surface area contributed by atoms with Crippen LogP contribution < -0.4 is 4.74 Å². The Hall–Kier alpha value is -0.940. The Balaban J connectivity index is 2.10. The van der Waals surface area contributed by atoms with Crippen molar-refractivity contribution in [2.24, 2.45) is 0 Å². The number of nitrogens with zero attached hydrogens (tertiary/aromatic N) is 1. The lowest BCUT2D eigenvalue weighted by Gasteiger charge is -2.06. The SMILES string of the molecule is O=P(O)(O)OCCCOc1ccncc1. The third kappa shape index (κ3) is 6.19. The summed E-state index contributed by atoms with van der Waals surface area (Å²) in [6, 6.07) is 3.40. The lowest BCUT2D eigenvalue weighted by atomic mass is 10.4. The highest BCUT2D eigenvalue weighted by Crippen LogP contribution is 2.35. The zero-order valence-corrected chi connectivity index (χ0v) is 8.84. The lowest BCUT2D eigenvalue weighted by molar-refractivity contribution is 0.180. The fourth-order valence-corrected chi connectivity index (χ4v) is 1.23. The van der Waals surface area contributed by atoms with E-state index in [-0.39, 0.29) is 6.61 Å². The molecule has 84 valence electrons. The smallest absolute Gasteiger partial charge is 0.469 e. The molecule has 1 aromatic rings. The molecular weight excluding hydrogens is 221 g/mol. The second-order valence-electron chi connectivity index (χ2n) is 2.71. The second kappa shape index (κ2) is 5.82. The van der Waals surface area contributed by atoms with Crippen LogP contribution in [0.5, 0.6) is 5.75 Å². The molecule has 15 heavy (non-hydrogen) atoms. The van der Waals surface area contributed by atoms with E-state index in [0.29, 0.717) is 18.8 Å². The summed E-state index contributed by atoms with van der Waals surface area (Å²) >= 11 is 0. The van der Waals surface area contributed by atoms with Gasteiger partial charge in [0.05, 0.1) is 13.2 Å². The molecular formula is C8H12NO5P. The van der Waals surface area contributed by atoms with Crippen molar-refractivity contribution in [2.45, 2.75) is 6.42 Å². The molecule has 0 aliphatic rings. The summed E-state index contributed by atoms with van der Waals surface area (Å²) in [4.78, 5) is 20.6. The van der Waals surface area contributed by atoms with Crippen LogP contribution in [0.15, 0.2) is 24.5 Å². The molecule has 1 aromatic heterocycles. The number of aromatic nitrogens is 1. The number of ether oxygens (including phenoxy) is 1. The molecule has 0 spiro atoms. The molecule has 2 N–H and O–H groups in total. The molecule has 7 heteroatoms. The van der Waals surface area contributed by atoms with E-state index in [1.54, 1.807) is 24.5 Å². The first-order chi connectivity index (χ1) is 7.08. The van der Waals surface area contributed by atoms with Gasteiger partial charge in [-0.15, -0.1) is 0 Å². The van der Waals surface area contributed by atoms with E-state index in [4.69, 9.17) is 14.5 Å². The molecule has 0 fully saturated rings. The number of phosphoric acid groups is 1. The van der Waals surface area contributed by atoms with Crippen molar-refractivity contribution in [2.75, 3.05) is 13.2 Å². The molecule has 0 bridgehead atoms. The van der Waals surface area contributed by atoms with Crippen LogP contribution in [0, 0.1) is 0 Å². The summed E-state index contributed by atoms with van der Waals surface area (Å²) in [5, 5.41) is 0. The molecule has 0 saturated carbocycles. The van der Waals surface area contributed by atoms with Crippen molar-refractivity contribution in [3.05, 3.63) is 24.5 Å². The van der Waals surface area contributed by atoms with Crippen LogP contribution in [0.2, 0.25) is 0 Å². The average Bonchev–Trinajstić information content (AvgIpc) is 2.17. The molecule has 0 unspecified atom stereocenters. The van der Waals surface area contributed by atoms with Gasteiger partial charge in [0.1, 0.15) is 5.75 Å². The number of hydrogen-bond donors (Lipinski definition) is 2. The van der Waals surface area contributed by atoms with E-state index in [0.717, 1.165) is 0 Å². The van der Waals surface area contributed by atoms with Crippen LogP contribution in [0.3, 0.4) is 0 Å². The topological polar surface area (TPSA) is 88.9 Å². The summed E-state index contributed by atoms with van der Waals surface area (Å²) in [6.45, 7) is 0.305. The maximum absolute atomic E-state index is 10.3. The average molecular weight is 233 g/mol. The predicted octanol–water partition coefficient (Wildman–Crippen LogP) is 0.960. The van der Waals surface area contributed by atoms with E-state index in [1.807, 2.05) is 0 Å². The van der Waals surface area contributed by atoms with Gasteiger partial charge in [-0.05, 0) is 12.1 Å². The van der Waals surface area contributed by atoms with Crippen molar-refractivity contribution < 1.29 is 23.6 Å². The zero-order chi connectivity index (χ0) is 11.1. The van der Waals surface area contributed by atoms with Gasteiger partial charge in [-0.25, -0.2) is 4.57 Å². The monoisotopic (exact) mass is 233 g/mol. The van der Waals surface area contributed by atoms with Crippen molar-refractivity contribution >= 4 is 7.82 Å². The first-order valence-corrected chi connectivity index (χ1v) is 5.84. The molecule has 0 aromatic carbocycles. The van der Waals surface area contributed by atoms with E-state index in [9.17, 15) is 4.57 Å². The molecule has 0 radical (unpaired) electrons. The molecule has 0 saturated heterocycles. The highest BCUT2D eigenvalue weighted by Gasteiger charge is 2.12. The van der Waals surface area contributed by atoms with Gasteiger partial charge in [0.25, 0.3) is 0 Å². The lowest BCUT2D eigenvalue weighted by Crippen LogP contribution is -2.02. The quantitative estimate of drug-likeness (QED) is 0.562. The van der Waals surface area contributed by atoms with Gasteiger partial charge < -0.3 is 14.5 Å². The van der Waals surface area contributed by atoms with Gasteiger partial charge in [-0.3, -0.25) is 9.51 Å². The number of hydrogen-bond acceptors (Lipinski definition) is 4. The molecule has 0 aliphatic heterocycles. The molecule has 1 heterocycles. The molecule has 1 rings (SSSR count). The minimum atomic E-state index is -4.34. The number of rotatable bonds is 6. The van der Waals surface area contributed by atoms with Crippen LogP contribution in [-0.4, -0.2) is 28.0 Å². The maximum atomic E-state index is 10.3. The summed E-state index contributed by atoms with van der Waals surface area (Å²) in [5.41, 5.74) is 0. The van der Waals surface area contributed by atoms with E-state index >= 15 is 0 Å². The molecule has 6 nitrogen and oxygen atoms in total. The molecule has 0 amide bonds. The van der Waals surface area contributed by atoms with Gasteiger partial charge in [0.2, 0.25) is 0 Å². The highest BCUT2D eigenvalue weighted by molar-refractivity contribution is 7.46. The number of phosphoric ester groups is 1. The summed E-state index contributed by atoms with van der Waals surface area (Å²) in [7, 11) is -4.34. The van der Waals surface area contributed by atoms with Crippen LogP contribution in [0.4, 0.5) is 0 Å². The Bertz CT molecular complexity index is 325. The summed E-state index contributed by atoms with van der Waals surface area (Å²) in [5.74, 6) is 0.668. The Kier molecular flexibility index (Phi) is 4.71. The second-order valence-corrected chi connectivity index (χ2v) is 3.95. The zero-order valence-electron chi connectivity index (χ0n) is 7.94.